The van der Waals surface area contributed by atoms with Crippen LogP contribution in [-0.2, 0) is 4.79 Å². The van der Waals surface area contributed by atoms with Crippen molar-refractivity contribution in [3.05, 3.63) is 59.5 Å². The monoisotopic (exact) mass is 488 g/mol. The smallest absolute Gasteiger partial charge is 0.277 e. The third-order valence-corrected chi connectivity index (χ3v) is 6.11. The van der Waals surface area contributed by atoms with Gasteiger partial charge >= 0.3 is 0 Å². The minimum atomic E-state index is -0.958. The van der Waals surface area contributed by atoms with Gasteiger partial charge in [-0.3, -0.25) is 4.79 Å². The fourth-order valence-electron chi connectivity index (χ4n) is 2.77. The standard InChI is InChI=1S/C22H18F2N4O3S2/c1-3-30-15-7-4-13(5-8-15)20-27-28-22(31-20)33-12(2)19(29)26-21-25-18(11-32-21)14-6-9-16(23)17(24)10-14/h4-12H,3H2,1-2H3,(H,25,26,29)/t12-/m0/s1. The zero-order valence-corrected chi connectivity index (χ0v) is 19.2. The molecule has 0 aliphatic carbocycles. The van der Waals surface area contributed by atoms with Crippen LogP contribution in [0.5, 0.6) is 5.75 Å². The van der Waals surface area contributed by atoms with Crippen LogP contribution in [0.25, 0.3) is 22.7 Å². The van der Waals surface area contributed by atoms with Gasteiger partial charge in [0.05, 0.1) is 17.6 Å². The second kappa shape index (κ2) is 10.1. The van der Waals surface area contributed by atoms with Crippen LogP contribution in [0.2, 0.25) is 0 Å². The molecule has 0 radical (unpaired) electrons. The van der Waals surface area contributed by atoms with Crippen LogP contribution in [0.4, 0.5) is 13.9 Å². The minimum Gasteiger partial charge on any atom is -0.494 e. The Hall–Kier alpha value is -3.31. The van der Waals surface area contributed by atoms with Crippen LogP contribution in [0.3, 0.4) is 0 Å². The van der Waals surface area contributed by atoms with Gasteiger partial charge in [-0.15, -0.1) is 21.5 Å². The summed E-state index contributed by atoms with van der Waals surface area (Å²) in [6, 6.07) is 10.8. The van der Waals surface area contributed by atoms with Gasteiger partial charge in [0, 0.05) is 16.5 Å². The number of benzene rings is 2. The number of thioether (sulfide) groups is 1. The van der Waals surface area contributed by atoms with E-state index in [2.05, 4.69) is 20.5 Å². The Balaban J connectivity index is 1.36. The summed E-state index contributed by atoms with van der Waals surface area (Å²) in [6.45, 7) is 4.19. The molecule has 0 spiro atoms. The number of nitrogens with zero attached hydrogens (tertiary/aromatic N) is 3. The number of hydrogen-bond acceptors (Lipinski definition) is 8. The number of carbonyl (C=O) groups excluding carboxylic acids is 1. The molecule has 1 amide bonds. The maximum Gasteiger partial charge on any atom is 0.277 e. The van der Waals surface area contributed by atoms with Crippen molar-refractivity contribution in [2.24, 2.45) is 0 Å². The lowest BCUT2D eigenvalue weighted by Gasteiger charge is -2.07. The van der Waals surface area contributed by atoms with Crippen molar-refractivity contribution in [1.29, 1.82) is 0 Å². The summed E-state index contributed by atoms with van der Waals surface area (Å²) >= 11 is 2.30. The number of ether oxygens (including phenoxy) is 1. The van der Waals surface area contributed by atoms with Crippen LogP contribution in [0.1, 0.15) is 13.8 Å². The molecule has 0 aliphatic rings. The predicted octanol–water partition coefficient (Wildman–Crippen LogP) is 5.66. The van der Waals surface area contributed by atoms with Gasteiger partial charge in [-0.2, -0.15) is 0 Å². The molecule has 4 rings (SSSR count). The van der Waals surface area contributed by atoms with Crippen molar-refractivity contribution in [3.63, 3.8) is 0 Å². The summed E-state index contributed by atoms with van der Waals surface area (Å²) in [4.78, 5) is 16.8. The number of hydrogen-bond donors (Lipinski definition) is 1. The number of halogens is 2. The van der Waals surface area contributed by atoms with Crippen molar-refractivity contribution in [2.45, 2.75) is 24.3 Å². The molecule has 0 aliphatic heterocycles. The molecule has 0 saturated heterocycles. The summed E-state index contributed by atoms with van der Waals surface area (Å²) in [6.07, 6.45) is 0. The first-order valence-corrected chi connectivity index (χ1v) is 11.6. The molecule has 0 bridgehead atoms. The first-order chi connectivity index (χ1) is 15.9. The molecular formula is C22H18F2N4O3S2. The lowest BCUT2D eigenvalue weighted by atomic mass is 10.2. The number of carbonyl (C=O) groups is 1. The topological polar surface area (TPSA) is 90.1 Å². The van der Waals surface area contributed by atoms with E-state index in [4.69, 9.17) is 9.15 Å². The van der Waals surface area contributed by atoms with E-state index in [1.54, 1.807) is 12.3 Å². The average Bonchev–Trinajstić information content (AvgIpc) is 3.46. The maximum absolute atomic E-state index is 13.5. The van der Waals surface area contributed by atoms with Gasteiger partial charge in [0.2, 0.25) is 11.8 Å². The van der Waals surface area contributed by atoms with Gasteiger partial charge in [-0.05, 0) is 56.3 Å². The largest absolute Gasteiger partial charge is 0.494 e. The van der Waals surface area contributed by atoms with Crippen molar-refractivity contribution in [1.82, 2.24) is 15.2 Å². The number of rotatable bonds is 8. The second-order valence-electron chi connectivity index (χ2n) is 6.75. The zero-order chi connectivity index (χ0) is 23.4. The zero-order valence-electron chi connectivity index (χ0n) is 17.5. The molecule has 2 aromatic heterocycles. The fraction of sp³-hybridized carbons (Fsp3) is 0.182. The quantitative estimate of drug-likeness (QED) is 0.320. The molecule has 33 heavy (non-hydrogen) atoms. The van der Waals surface area contributed by atoms with Gasteiger partial charge in [0.1, 0.15) is 5.75 Å². The Morgan fingerprint density at radius 1 is 1.15 bits per heavy atom. The average molecular weight is 489 g/mol. The highest BCUT2D eigenvalue weighted by Crippen LogP contribution is 2.29. The van der Waals surface area contributed by atoms with Crippen LogP contribution in [0, 0.1) is 11.6 Å². The summed E-state index contributed by atoms with van der Waals surface area (Å²) in [7, 11) is 0. The number of anilines is 1. The third-order valence-electron chi connectivity index (χ3n) is 4.42. The summed E-state index contributed by atoms with van der Waals surface area (Å²) in [5.74, 6) is -1.12. The summed E-state index contributed by atoms with van der Waals surface area (Å²) < 4.78 is 37.7. The van der Waals surface area contributed by atoms with E-state index >= 15 is 0 Å². The highest BCUT2D eigenvalue weighted by atomic mass is 32.2. The molecule has 0 saturated carbocycles. The Morgan fingerprint density at radius 2 is 1.91 bits per heavy atom. The normalized spacial score (nSPS) is 11.9. The number of thiazole rings is 1. The highest BCUT2D eigenvalue weighted by Gasteiger charge is 2.20. The van der Waals surface area contributed by atoms with E-state index in [0.717, 1.165) is 35.2 Å². The molecule has 170 valence electrons. The van der Waals surface area contributed by atoms with Crippen molar-refractivity contribution < 1.29 is 22.7 Å². The van der Waals surface area contributed by atoms with Crippen molar-refractivity contribution >= 4 is 34.1 Å². The van der Waals surface area contributed by atoms with Crippen molar-refractivity contribution in [3.8, 4) is 28.5 Å². The predicted molar refractivity (Wildman–Crippen MR) is 122 cm³/mol. The number of aromatic nitrogens is 3. The van der Waals surface area contributed by atoms with E-state index in [-0.39, 0.29) is 11.1 Å². The highest BCUT2D eigenvalue weighted by molar-refractivity contribution is 8.00. The van der Waals surface area contributed by atoms with Crippen LogP contribution < -0.4 is 10.1 Å². The number of nitrogens with one attached hydrogen (secondary N) is 1. The molecule has 1 atom stereocenters. The van der Waals surface area contributed by atoms with Crippen molar-refractivity contribution in [2.75, 3.05) is 11.9 Å². The van der Waals surface area contributed by atoms with Gasteiger partial charge in [-0.25, -0.2) is 13.8 Å². The Kier molecular flexibility index (Phi) is 6.99. The molecule has 1 N–H and O–H groups in total. The first kappa shape index (κ1) is 22.9. The molecule has 2 aromatic carbocycles. The van der Waals surface area contributed by atoms with E-state index in [1.807, 2.05) is 31.2 Å². The van der Waals surface area contributed by atoms with E-state index in [0.29, 0.717) is 28.9 Å². The summed E-state index contributed by atoms with van der Waals surface area (Å²) in [5, 5.41) is 12.4. The van der Waals surface area contributed by atoms with Crippen LogP contribution >= 0.6 is 23.1 Å². The van der Waals surface area contributed by atoms with Gasteiger partial charge in [0.25, 0.3) is 5.22 Å². The van der Waals surface area contributed by atoms with Gasteiger partial charge < -0.3 is 14.5 Å². The van der Waals surface area contributed by atoms with Crippen LogP contribution in [-0.4, -0.2) is 32.9 Å². The second-order valence-corrected chi connectivity index (χ2v) is 8.90. The van der Waals surface area contributed by atoms with Crippen LogP contribution in [0.15, 0.2) is 57.5 Å². The third kappa shape index (κ3) is 5.55. The molecule has 4 aromatic rings. The van der Waals surface area contributed by atoms with Gasteiger partial charge in [0.15, 0.2) is 16.8 Å². The molecule has 0 fully saturated rings. The summed E-state index contributed by atoms with van der Waals surface area (Å²) in [5.41, 5.74) is 1.59. The Labute approximate surface area is 196 Å². The fourth-order valence-corrected chi connectivity index (χ4v) is 4.17. The Morgan fingerprint density at radius 3 is 2.64 bits per heavy atom. The van der Waals surface area contributed by atoms with Gasteiger partial charge in [-0.1, -0.05) is 11.8 Å². The minimum absolute atomic E-state index is 0.253. The Bertz CT molecular complexity index is 1260. The van der Waals surface area contributed by atoms with E-state index in [1.165, 1.54) is 17.4 Å². The van der Waals surface area contributed by atoms with E-state index in [9.17, 15) is 13.6 Å². The molecule has 0 unspecified atom stereocenters. The maximum atomic E-state index is 13.5. The molecule has 2 heterocycles. The molecule has 11 heteroatoms. The first-order valence-electron chi connectivity index (χ1n) is 9.88. The SMILES string of the molecule is CCOc1ccc(-c2nnc(S[C@@H](C)C(=O)Nc3nc(-c4ccc(F)c(F)c4)cs3)o2)cc1. The lowest BCUT2D eigenvalue weighted by Crippen LogP contribution is -2.22. The lowest BCUT2D eigenvalue weighted by molar-refractivity contribution is -0.115. The van der Waals surface area contributed by atoms with E-state index < -0.39 is 16.9 Å². The molecule has 7 nitrogen and oxygen atoms in total. The number of amides is 1. The molecular weight excluding hydrogens is 470 g/mol.